The third-order valence-electron chi connectivity index (χ3n) is 4.06. The Balaban J connectivity index is 1.95. The van der Waals surface area contributed by atoms with E-state index in [4.69, 9.17) is 22.8 Å². The summed E-state index contributed by atoms with van der Waals surface area (Å²) in [6, 6.07) is 24.6. The minimum absolute atomic E-state index is 0.583. The quantitative estimate of drug-likeness (QED) is 0.542. The van der Waals surface area contributed by atoms with Gasteiger partial charge in [0.15, 0.2) is 11.5 Å². The molecule has 27 heavy (non-hydrogen) atoms. The maximum Gasteiger partial charge on any atom is 0.540 e. The van der Waals surface area contributed by atoms with Gasteiger partial charge in [0.05, 0.1) is 5.19 Å². The SMILES string of the molecule is CO[Si](OC)(OC)c1ccccc1Oc1ccccc1Oc1ccccc1. The summed E-state index contributed by atoms with van der Waals surface area (Å²) in [5.74, 6) is 2.52. The first kappa shape index (κ1) is 19.1. The van der Waals surface area contributed by atoms with Crippen LogP contribution in [0.4, 0.5) is 0 Å². The molecule has 0 saturated heterocycles. The van der Waals surface area contributed by atoms with Gasteiger partial charge in [0.25, 0.3) is 0 Å². The highest BCUT2D eigenvalue weighted by atomic mass is 28.4. The largest absolute Gasteiger partial charge is 0.540 e. The zero-order valence-electron chi connectivity index (χ0n) is 15.5. The van der Waals surface area contributed by atoms with Crippen LogP contribution in [-0.4, -0.2) is 30.1 Å². The summed E-state index contributed by atoms with van der Waals surface area (Å²) in [7, 11) is 1.67. The first-order chi connectivity index (χ1) is 13.2. The molecule has 0 spiro atoms. The average Bonchev–Trinajstić information content (AvgIpc) is 2.73. The van der Waals surface area contributed by atoms with Crippen molar-refractivity contribution in [3.63, 3.8) is 0 Å². The third kappa shape index (κ3) is 4.20. The van der Waals surface area contributed by atoms with Gasteiger partial charge in [-0.05, 0) is 30.3 Å². The predicted molar refractivity (Wildman–Crippen MR) is 106 cm³/mol. The molecule has 3 aromatic rings. The molecule has 0 unspecified atom stereocenters. The Labute approximate surface area is 160 Å². The van der Waals surface area contributed by atoms with Crippen LogP contribution in [0, 0.1) is 0 Å². The van der Waals surface area contributed by atoms with E-state index >= 15 is 0 Å². The fraction of sp³-hybridized carbons (Fsp3) is 0.143. The van der Waals surface area contributed by atoms with Gasteiger partial charge < -0.3 is 22.8 Å². The van der Waals surface area contributed by atoms with Crippen LogP contribution < -0.4 is 14.7 Å². The summed E-state index contributed by atoms with van der Waals surface area (Å²) in [4.78, 5) is 0. The Bertz CT molecular complexity index is 857. The normalized spacial score (nSPS) is 11.2. The lowest BCUT2D eigenvalue weighted by Crippen LogP contribution is -2.54. The first-order valence-corrected chi connectivity index (χ1v) is 10.2. The van der Waals surface area contributed by atoms with E-state index in [1.54, 1.807) is 21.3 Å². The molecule has 5 nitrogen and oxygen atoms in total. The molecular formula is C21H22O5Si. The molecule has 3 aromatic carbocycles. The molecule has 0 bridgehead atoms. The summed E-state index contributed by atoms with van der Waals surface area (Å²) < 4.78 is 29.0. The molecule has 0 heterocycles. The van der Waals surface area contributed by atoms with Crippen molar-refractivity contribution in [2.24, 2.45) is 0 Å². The van der Waals surface area contributed by atoms with Crippen molar-refractivity contribution in [2.75, 3.05) is 21.3 Å². The van der Waals surface area contributed by atoms with E-state index in [0.29, 0.717) is 17.2 Å². The van der Waals surface area contributed by atoms with Gasteiger partial charge in [-0.25, -0.2) is 0 Å². The molecule has 140 valence electrons. The van der Waals surface area contributed by atoms with Crippen molar-refractivity contribution in [1.29, 1.82) is 0 Å². The van der Waals surface area contributed by atoms with Crippen molar-refractivity contribution in [2.45, 2.75) is 0 Å². The highest BCUT2D eigenvalue weighted by molar-refractivity contribution is 6.76. The van der Waals surface area contributed by atoms with Crippen molar-refractivity contribution in [1.82, 2.24) is 0 Å². The number of para-hydroxylation sites is 4. The average molecular weight is 382 g/mol. The zero-order chi connectivity index (χ0) is 19.1. The first-order valence-electron chi connectivity index (χ1n) is 8.47. The second-order valence-electron chi connectivity index (χ2n) is 5.63. The molecule has 3 rings (SSSR count). The topological polar surface area (TPSA) is 46.2 Å². The van der Waals surface area contributed by atoms with Gasteiger partial charge in [-0.1, -0.05) is 48.5 Å². The Morgan fingerprint density at radius 2 is 1.00 bits per heavy atom. The van der Waals surface area contributed by atoms with Crippen molar-refractivity contribution in [3.8, 4) is 23.0 Å². The molecule has 0 aliphatic carbocycles. The van der Waals surface area contributed by atoms with Gasteiger partial charge >= 0.3 is 8.80 Å². The van der Waals surface area contributed by atoms with Crippen LogP contribution in [0.15, 0.2) is 78.9 Å². The molecule has 0 aromatic heterocycles. The van der Waals surface area contributed by atoms with Crippen molar-refractivity contribution in [3.05, 3.63) is 78.9 Å². The lowest BCUT2D eigenvalue weighted by atomic mass is 10.3. The highest BCUT2D eigenvalue weighted by Gasteiger charge is 2.43. The van der Waals surface area contributed by atoms with Crippen molar-refractivity contribution < 1.29 is 22.8 Å². The summed E-state index contributed by atoms with van der Waals surface area (Å²) >= 11 is 0. The third-order valence-corrected chi connectivity index (χ3v) is 6.75. The van der Waals surface area contributed by atoms with Gasteiger partial charge in [0.2, 0.25) is 0 Å². The summed E-state index contributed by atoms with van der Waals surface area (Å²) in [6.45, 7) is 0. The monoisotopic (exact) mass is 382 g/mol. The Kier molecular flexibility index (Phi) is 6.26. The molecule has 0 radical (unpaired) electrons. The lowest BCUT2D eigenvalue weighted by Gasteiger charge is -2.26. The summed E-state index contributed by atoms with van der Waals surface area (Å²) in [5.41, 5.74) is 0. The van der Waals surface area contributed by atoms with Crippen LogP contribution >= 0.6 is 0 Å². The van der Waals surface area contributed by atoms with Gasteiger partial charge in [-0.2, -0.15) is 0 Å². The van der Waals surface area contributed by atoms with Crippen LogP contribution in [0.5, 0.6) is 23.0 Å². The van der Waals surface area contributed by atoms with E-state index in [1.165, 1.54) is 0 Å². The molecule has 0 aliphatic rings. The molecular weight excluding hydrogens is 360 g/mol. The van der Waals surface area contributed by atoms with Gasteiger partial charge in [-0.3, -0.25) is 0 Å². The molecule has 6 heteroatoms. The van der Waals surface area contributed by atoms with Crippen LogP contribution in [0.3, 0.4) is 0 Å². The highest BCUT2D eigenvalue weighted by Crippen LogP contribution is 2.34. The number of hydrogen-bond donors (Lipinski definition) is 0. The van der Waals surface area contributed by atoms with E-state index in [9.17, 15) is 0 Å². The van der Waals surface area contributed by atoms with Crippen LogP contribution in [-0.2, 0) is 13.3 Å². The minimum Gasteiger partial charge on any atom is -0.453 e. The van der Waals surface area contributed by atoms with Gasteiger partial charge in [0, 0.05) is 21.3 Å². The Hall–Kier alpha value is -2.64. The Morgan fingerprint density at radius 1 is 0.519 bits per heavy atom. The van der Waals surface area contributed by atoms with E-state index < -0.39 is 8.80 Å². The van der Waals surface area contributed by atoms with Crippen LogP contribution in [0.1, 0.15) is 0 Å². The lowest BCUT2D eigenvalue weighted by molar-refractivity contribution is 0.140. The number of rotatable bonds is 8. The number of hydrogen-bond acceptors (Lipinski definition) is 5. The predicted octanol–water partition coefficient (Wildman–Crippen LogP) is 4.36. The number of ether oxygens (including phenoxy) is 2. The second-order valence-corrected chi connectivity index (χ2v) is 8.50. The molecule has 0 amide bonds. The molecule has 0 fully saturated rings. The maximum atomic E-state index is 6.19. The molecule has 0 N–H and O–H groups in total. The fourth-order valence-corrected chi connectivity index (χ4v) is 4.64. The van der Waals surface area contributed by atoms with Crippen LogP contribution in [0.2, 0.25) is 0 Å². The zero-order valence-corrected chi connectivity index (χ0v) is 16.5. The molecule has 0 saturated carbocycles. The second kappa shape index (κ2) is 8.83. The maximum absolute atomic E-state index is 6.19. The molecule has 0 aliphatic heterocycles. The standard InChI is InChI=1S/C21H22O5Si/c1-22-27(23-2,24-3)21-16-10-9-15-20(21)26-19-14-8-7-13-18(19)25-17-11-5-4-6-12-17/h4-16H,1-3H3. The van der Waals surface area contributed by atoms with Crippen LogP contribution in [0.25, 0.3) is 0 Å². The van der Waals surface area contributed by atoms with Gasteiger partial charge in [-0.15, -0.1) is 0 Å². The van der Waals surface area contributed by atoms with E-state index in [2.05, 4.69) is 0 Å². The summed E-state index contributed by atoms with van der Waals surface area (Å²) in [6.07, 6.45) is 0. The summed E-state index contributed by atoms with van der Waals surface area (Å²) in [5, 5.41) is 0.743. The smallest absolute Gasteiger partial charge is 0.453 e. The van der Waals surface area contributed by atoms with E-state index in [0.717, 1.165) is 10.9 Å². The van der Waals surface area contributed by atoms with E-state index in [-0.39, 0.29) is 0 Å². The molecule has 0 atom stereocenters. The minimum atomic E-state index is -3.05. The fourth-order valence-electron chi connectivity index (χ4n) is 2.74. The van der Waals surface area contributed by atoms with E-state index in [1.807, 2.05) is 78.9 Å². The Morgan fingerprint density at radius 3 is 1.59 bits per heavy atom. The van der Waals surface area contributed by atoms with Crippen molar-refractivity contribution >= 4 is 14.0 Å². The van der Waals surface area contributed by atoms with Gasteiger partial charge in [0.1, 0.15) is 11.5 Å². The number of benzene rings is 3.